The second-order valence-electron chi connectivity index (χ2n) is 4.86. The zero-order valence-corrected chi connectivity index (χ0v) is 10.9. The molecule has 0 aliphatic heterocycles. The minimum Gasteiger partial charge on any atom is -0.152 e. The Morgan fingerprint density at radius 3 is 3.07 bits per heavy atom. The quantitative estimate of drug-likeness (QED) is 0.673. The van der Waals surface area contributed by atoms with Gasteiger partial charge in [0.25, 0.3) is 0 Å². The molecule has 0 spiro atoms. The summed E-state index contributed by atoms with van der Waals surface area (Å²) in [5.74, 6) is 1.63. The van der Waals surface area contributed by atoms with Crippen molar-refractivity contribution in [3.05, 3.63) is 22.4 Å². The van der Waals surface area contributed by atoms with Gasteiger partial charge in [-0.05, 0) is 66.3 Å². The third-order valence-electron chi connectivity index (χ3n) is 3.54. The van der Waals surface area contributed by atoms with E-state index >= 15 is 0 Å². The van der Waals surface area contributed by atoms with Gasteiger partial charge in [0.05, 0.1) is 0 Å². The molecule has 1 aromatic heterocycles. The molecule has 1 aliphatic carbocycles. The minimum absolute atomic E-state index is 0.430. The number of thiophene rings is 1. The van der Waals surface area contributed by atoms with Crippen molar-refractivity contribution in [1.29, 1.82) is 0 Å². The highest BCUT2D eigenvalue weighted by molar-refractivity contribution is 7.07. The van der Waals surface area contributed by atoms with Gasteiger partial charge in [0.1, 0.15) is 0 Å². The number of aryl methyl sites for hydroxylation is 1. The first-order valence-corrected chi connectivity index (χ1v) is 7.29. The molecule has 2 heteroatoms. The fourth-order valence-electron chi connectivity index (χ4n) is 2.55. The van der Waals surface area contributed by atoms with Gasteiger partial charge in [0, 0.05) is 5.38 Å². The van der Waals surface area contributed by atoms with Crippen LogP contribution in [0.2, 0.25) is 0 Å². The molecule has 0 saturated heterocycles. The Labute approximate surface area is 102 Å². The number of hydrogen-bond donors (Lipinski definition) is 0. The van der Waals surface area contributed by atoms with E-state index in [1.54, 1.807) is 11.3 Å². The maximum absolute atomic E-state index is 6.39. The summed E-state index contributed by atoms with van der Waals surface area (Å²) in [5.41, 5.74) is 1.49. The Morgan fingerprint density at radius 2 is 2.33 bits per heavy atom. The van der Waals surface area contributed by atoms with E-state index in [-0.39, 0.29) is 0 Å². The Balaban J connectivity index is 1.82. The zero-order chi connectivity index (χ0) is 10.7. The highest BCUT2D eigenvalue weighted by Gasteiger charge is 2.26. The lowest BCUT2D eigenvalue weighted by Gasteiger charge is -2.31. The van der Waals surface area contributed by atoms with Gasteiger partial charge in [0.2, 0.25) is 0 Å². The maximum atomic E-state index is 6.39. The fourth-order valence-corrected chi connectivity index (χ4v) is 3.61. The van der Waals surface area contributed by atoms with E-state index in [1.807, 2.05) is 0 Å². The first-order valence-electron chi connectivity index (χ1n) is 5.91. The molecule has 0 nitrogen and oxygen atoms in total. The normalized spacial score (nSPS) is 31.7. The van der Waals surface area contributed by atoms with Crippen LogP contribution in [-0.2, 0) is 6.42 Å². The largest absolute Gasteiger partial charge is 0.152 e. The summed E-state index contributed by atoms with van der Waals surface area (Å²) in [4.78, 5) is 0. The van der Waals surface area contributed by atoms with Crippen LogP contribution in [0.5, 0.6) is 0 Å². The van der Waals surface area contributed by atoms with Crippen molar-refractivity contribution in [2.24, 2.45) is 11.8 Å². The van der Waals surface area contributed by atoms with Crippen molar-refractivity contribution in [3.8, 4) is 0 Å². The van der Waals surface area contributed by atoms with E-state index in [0.29, 0.717) is 5.38 Å². The molecule has 15 heavy (non-hydrogen) atoms. The average Bonchev–Trinajstić information content (AvgIpc) is 2.72. The van der Waals surface area contributed by atoms with E-state index in [4.69, 9.17) is 11.6 Å². The van der Waals surface area contributed by atoms with Crippen LogP contribution >= 0.6 is 22.9 Å². The molecule has 2 rings (SSSR count). The summed E-state index contributed by atoms with van der Waals surface area (Å²) in [7, 11) is 0. The molecule has 1 aliphatic rings. The molecule has 0 radical (unpaired) electrons. The molecule has 3 unspecified atom stereocenters. The van der Waals surface area contributed by atoms with Gasteiger partial charge in [-0.15, -0.1) is 11.6 Å². The van der Waals surface area contributed by atoms with Crippen LogP contribution in [0.3, 0.4) is 0 Å². The molecule has 0 bridgehead atoms. The lowest BCUT2D eigenvalue weighted by Crippen LogP contribution is -2.24. The lowest BCUT2D eigenvalue weighted by molar-refractivity contribution is 0.275. The Hall–Kier alpha value is -0.0100. The van der Waals surface area contributed by atoms with Crippen molar-refractivity contribution < 1.29 is 0 Å². The molecule has 0 N–H and O–H groups in total. The summed E-state index contributed by atoms with van der Waals surface area (Å²) in [6.45, 7) is 2.36. The molecule has 84 valence electrons. The predicted molar refractivity (Wildman–Crippen MR) is 68.8 cm³/mol. The summed E-state index contributed by atoms with van der Waals surface area (Å²) in [5, 5.41) is 4.85. The van der Waals surface area contributed by atoms with Gasteiger partial charge in [-0.2, -0.15) is 11.3 Å². The molecule has 1 saturated carbocycles. The zero-order valence-electron chi connectivity index (χ0n) is 9.29. The SMILES string of the molecule is CC1CCC(Cl)C(CCc2ccsc2)C1. The number of alkyl halides is 1. The van der Waals surface area contributed by atoms with Crippen LogP contribution in [0.25, 0.3) is 0 Å². The van der Waals surface area contributed by atoms with E-state index in [1.165, 1.54) is 37.7 Å². The van der Waals surface area contributed by atoms with Crippen molar-refractivity contribution >= 4 is 22.9 Å². The summed E-state index contributed by atoms with van der Waals surface area (Å²) in [6.07, 6.45) is 6.36. The van der Waals surface area contributed by atoms with Crippen LogP contribution in [0.4, 0.5) is 0 Å². The van der Waals surface area contributed by atoms with Crippen molar-refractivity contribution in [3.63, 3.8) is 0 Å². The van der Waals surface area contributed by atoms with E-state index < -0.39 is 0 Å². The molecule has 0 aromatic carbocycles. The minimum atomic E-state index is 0.430. The van der Waals surface area contributed by atoms with Crippen LogP contribution in [0.1, 0.15) is 38.2 Å². The van der Waals surface area contributed by atoms with Gasteiger partial charge in [0.15, 0.2) is 0 Å². The lowest BCUT2D eigenvalue weighted by atomic mass is 9.79. The van der Waals surface area contributed by atoms with E-state index in [2.05, 4.69) is 23.8 Å². The van der Waals surface area contributed by atoms with Crippen molar-refractivity contribution in [1.82, 2.24) is 0 Å². The molecule has 0 amide bonds. The van der Waals surface area contributed by atoms with Crippen LogP contribution in [0, 0.1) is 11.8 Å². The third-order valence-corrected chi connectivity index (χ3v) is 4.84. The number of hydrogen-bond acceptors (Lipinski definition) is 1. The molecular weight excluding hydrogens is 224 g/mol. The van der Waals surface area contributed by atoms with Gasteiger partial charge in [-0.25, -0.2) is 0 Å². The summed E-state index contributed by atoms with van der Waals surface area (Å²) >= 11 is 8.19. The predicted octanol–water partition coefficient (Wildman–Crippen LogP) is 4.72. The monoisotopic (exact) mass is 242 g/mol. The molecular formula is C13H19ClS. The van der Waals surface area contributed by atoms with Crippen LogP contribution in [-0.4, -0.2) is 5.38 Å². The highest BCUT2D eigenvalue weighted by atomic mass is 35.5. The molecule has 1 heterocycles. The second-order valence-corrected chi connectivity index (χ2v) is 6.21. The fraction of sp³-hybridized carbons (Fsp3) is 0.692. The molecule has 1 fully saturated rings. The van der Waals surface area contributed by atoms with Crippen molar-refractivity contribution in [2.75, 3.05) is 0 Å². The van der Waals surface area contributed by atoms with Gasteiger partial charge >= 0.3 is 0 Å². The van der Waals surface area contributed by atoms with Gasteiger partial charge in [-0.1, -0.05) is 6.92 Å². The standard InChI is InChI=1S/C13H19ClS/c1-10-2-5-13(14)12(8-10)4-3-11-6-7-15-9-11/h6-7,9-10,12-13H,2-5,8H2,1H3. The summed E-state index contributed by atoms with van der Waals surface area (Å²) < 4.78 is 0. The topological polar surface area (TPSA) is 0 Å². The van der Waals surface area contributed by atoms with E-state index in [0.717, 1.165) is 11.8 Å². The van der Waals surface area contributed by atoms with E-state index in [9.17, 15) is 0 Å². The number of rotatable bonds is 3. The first-order chi connectivity index (χ1) is 7.25. The Kier molecular flexibility index (Phi) is 4.10. The van der Waals surface area contributed by atoms with Gasteiger partial charge in [-0.3, -0.25) is 0 Å². The highest BCUT2D eigenvalue weighted by Crippen LogP contribution is 2.35. The molecule has 1 aromatic rings. The van der Waals surface area contributed by atoms with Crippen LogP contribution in [0.15, 0.2) is 16.8 Å². The van der Waals surface area contributed by atoms with Gasteiger partial charge < -0.3 is 0 Å². The Bertz CT molecular complexity index is 281. The van der Waals surface area contributed by atoms with Crippen molar-refractivity contribution in [2.45, 2.75) is 44.4 Å². The maximum Gasteiger partial charge on any atom is 0.0364 e. The average molecular weight is 243 g/mol. The smallest absolute Gasteiger partial charge is 0.0364 e. The summed E-state index contributed by atoms with van der Waals surface area (Å²) in [6, 6.07) is 2.24. The first kappa shape index (κ1) is 11.5. The van der Waals surface area contributed by atoms with Crippen LogP contribution < -0.4 is 0 Å². The Morgan fingerprint density at radius 1 is 1.47 bits per heavy atom. The second kappa shape index (κ2) is 5.36. The third kappa shape index (κ3) is 3.22. The molecule has 3 atom stereocenters. The number of halogens is 1.